The molecule has 0 bridgehead atoms. The number of nitrogens with one attached hydrogen (secondary N) is 1. The normalized spacial score (nSPS) is 22.4. The van der Waals surface area contributed by atoms with Gasteiger partial charge in [0.15, 0.2) is 5.58 Å². The Morgan fingerprint density at radius 3 is 2.96 bits per heavy atom. The fourth-order valence-corrected chi connectivity index (χ4v) is 3.62. The van der Waals surface area contributed by atoms with Crippen LogP contribution in [0.25, 0.3) is 11.1 Å². The van der Waals surface area contributed by atoms with Crippen LogP contribution in [0.2, 0.25) is 0 Å². The van der Waals surface area contributed by atoms with Crippen molar-refractivity contribution in [2.75, 3.05) is 29.0 Å². The second kappa shape index (κ2) is 7.10. The van der Waals surface area contributed by atoms with E-state index >= 15 is 0 Å². The predicted octanol–water partition coefficient (Wildman–Crippen LogP) is 1.20. The minimum absolute atomic E-state index is 0.00173. The summed E-state index contributed by atoms with van der Waals surface area (Å²) in [6, 6.07) is 4.84. The Morgan fingerprint density at radius 1 is 1.36 bits per heavy atom. The fourth-order valence-electron chi connectivity index (χ4n) is 3.62. The zero-order chi connectivity index (χ0) is 19.8. The number of amides is 1. The van der Waals surface area contributed by atoms with Gasteiger partial charge >= 0.3 is 0 Å². The van der Waals surface area contributed by atoms with E-state index in [1.807, 2.05) is 17.9 Å². The molecule has 9 heteroatoms. The van der Waals surface area contributed by atoms with Gasteiger partial charge in [-0.15, -0.1) is 0 Å². The van der Waals surface area contributed by atoms with Crippen molar-refractivity contribution in [1.29, 1.82) is 0 Å². The van der Waals surface area contributed by atoms with Crippen LogP contribution in [0.1, 0.15) is 17.3 Å². The molecule has 0 radical (unpaired) electrons. The summed E-state index contributed by atoms with van der Waals surface area (Å²) in [5.41, 5.74) is 14.3. The average Bonchev–Trinajstić information content (AvgIpc) is 3.02. The summed E-state index contributed by atoms with van der Waals surface area (Å²) in [6.07, 6.45) is 4.24. The zero-order valence-electron chi connectivity index (χ0n) is 15.4. The third kappa shape index (κ3) is 3.14. The Labute approximate surface area is 161 Å². The van der Waals surface area contributed by atoms with Crippen molar-refractivity contribution in [3.8, 4) is 0 Å². The molecular weight excluding hydrogens is 360 g/mol. The molecule has 3 aromatic rings. The molecule has 3 aromatic heterocycles. The number of hydrogen-bond donors (Lipinski definition) is 4. The van der Waals surface area contributed by atoms with Gasteiger partial charge in [-0.05, 0) is 18.2 Å². The molecule has 0 unspecified atom stereocenters. The van der Waals surface area contributed by atoms with Crippen LogP contribution in [0, 0.1) is 5.92 Å². The topological polar surface area (TPSA) is 144 Å². The first kappa shape index (κ1) is 18.2. The maximum absolute atomic E-state index is 12.9. The van der Waals surface area contributed by atoms with Crippen LogP contribution in [0.3, 0.4) is 0 Å². The molecule has 1 aliphatic rings. The van der Waals surface area contributed by atoms with Crippen LogP contribution in [0.4, 0.5) is 17.3 Å². The Morgan fingerprint density at radius 2 is 2.18 bits per heavy atom. The average molecular weight is 382 g/mol. The molecule has 28 heavy (non-hydrogen) atoms. The van der Waals surface area contributed by atoms with E-state index in [-0.39, 0.29) is 23.4 Å². The number of nitrogen functional groups attached to an aromatic ring is 1. The molecule has 1 fully saturated rings. The minimum Gasteiger partial charge on any atom is -0.438 e. The summed E-state index contributed by atoms with van der Waals surface area (Å²) in [4.78, 5) is 23.3. The maximum atomic E-state index is 12.9. The second-order valence-electron chi connectivity index (χ2n) is 7.08. The minimum atomic E-state index is -0.556. The SMILES string of the molecule is C[C@H]1CN(c2ccncc2NC(=O)c2c(N)oc3cccnc23)C[C@@H](N)[C@@H]1O. The van der Waals surface area contributed by atoms with Crippen molar-refractivity contribution in [2.45, 2.75) is 19.1 Å². The summed E-state index contributed by atoms with van der Waals surface area (Å²) in [7, 11) is 0. The lowest BCUT2D eigenvalue weighted by atomic mass is 9.92. The van der Waals surface area contributed by atoms with Crippen molar-refractivity contribution < 1.29 is 14.3 Å². The van der Waals surface area contributed by atoms with Gasteiger partial charge in [0.1, 0.15) is 11.1 Å². The fraction of sp³-hybridized carbons (Fsp3) is 0.316. The first-order valence-electron chi connectivity index (χ1n) is 9.02. The number of anilines is 3. The van der Waals surface area contributed by atoms with E-state index in [0.29, 0.717) is 29.9 Å². The monoisotopic (exact) mass is 382 g/mol. The van der Waals surface area contributed by atoms with Gasteiger partial charge in [0.2, 0.25) is 5.88 Å². The number of aliphatic hydroxyl groups is 1. The summed E-state index contributed by atoms with van der Waals surface area (Å²) >= 11 is 0. The van der Waals surface area contributed by atoms with E-state index in [4.69, 9.17) is 15.9 Å². The summed E-state index contributed by atoms with van der Waals surface area (Å²) in [5, 5.41) is 13.0. The number of nitrogens with zero attached hydrogens (tertiary/aromatic N) is 3. The zero-order valence-corrected chi connectivity index (χ0v) is 15.4. The number of rotatable bonds is 3. The van der Waals surface area contributed by atoms with Crippen molar-refractivity contribution in [3.63, 3.8) is 0 Å². The number of hydrogen-bond acceptors (Lipinski definition) is 8. The van der Waals surface area contributed by atoms with Gasteiger partial charge in [-0.1, -0.05) is 6.92 Å². The number of fused-ring (bicyclic) bond motifs is 1. The van der Waals surface area contributed by atoms with Crippen molar-refractivity contribution in [3.05, 3.63) is 42.4 Å². The summed E-state index contributed by atoms with van der Waals surface area (Å²) in [6.45, 7) is 3.02. The number of carbonyl (C=O) groups is 1. The van der Waals surface area contributed by atoms with E-state index in [9.17, 15) is 9.90 Å². The first-order valence-corrected chi connectivity index (χ1v) is 9.02. The number of nitrogens with two attached hydrogens (primary N) is 2. The van der Waals surface area contributed by atoms with Gasteiger partial charge in [0.05, 0.1) is 23.7 Å². The van der Waals surface area contributed by atoms with E-state index in [1.54, 1.807) is 30.7 Å². The molecule has 0 spiro atoms. The van der Waals surface area contributed by atoms with E-state index < -0.39 is 12.0 Å². The van der Waals surface area contributed by atoms with Crippen molar-refractivity contribution >= 4 is 34.3 Å². The highest BCUT2D eigenvalue weighted by Crippen LogP contribution is 2.31. The molecule has 0 aromatic carbocycles. The number of piperidine rings is 1. The third-order valence-corrected chi connectivity index (χ3v) is 5.05. The maximum Gasteiger partial charge on any atom is 0.263 e. The molecular formula is C19H22N6O3. The Balaban J connectivity index is 1.64. The molecule has 4 rings (SSSR count). The second-order valence-corrected chi connectivity index (χ2v) is 7.08. The Hall–Kier alpha value is -3.17. The van der Waals surface area contributed by atoms with E-state index in [2.05, 4.69) is 15.3 Å². The van der Waals surface area contributed by atoms with Crippen LogP contribution in [0.15, 0.2) is 41.2 Å². The Bertz CT molecular complexity index is 1010. The first-order chi connectivity index (χ1) is 13.5. The molecule has 1 amide bonds. The van der Waals surface area contributed by atoms with Crippen LogP contribution in [-0.2, 0) is 0 Å². The van der Waals surface area contributed by atoms with Gasteiger partial charge in [-0.25, -0.2) is 0 Å². The van der Waals surface area contributed by atoms with Gasteiger partial charge in [0, 0.05) is 37.4 Å². The van der Waals surface area contributed by atoms with Crippen LogP contribution >= 0.6 is 0 Å². The van der Waals surface area contributed by atoms with Crippen LogP contribution < -0.4 is 21.7 Å². The smallest absolute Gasteiger partial charge is 0.263 e. The summed E-state index contributed by atoms with van der Waals surface area (Å²) < 4.78 is 5.43. The van der Waals surface area contributed by atoms with Gasteiger partial charge in [-0.3, -0.25) is 14.8 Å². The van der Waals surface area contributed by atoms with E-state index in [0.717, 1.165) is 5.69 Å². The largest absolute Gasteiger partial charge is 0.438 e. The molecule has 6 N–H and O–H groups in total. The third-order valence-electron chi connectivity index (χ3n) is 5.05. The lowest BCUT2D eigenvalue weighted by Gasteiger charge is -2.40. The van der Waals surface area contributed by atoms with Crippen molar-refractivity contribution in [2.24, 2.45) is 11.7 Å². The standard InChI is InChI=1S/C19H22N6O3/c1-10-8-25(9-11(20)17(10)26)13-4-6-22-7-12(13)24-19(27)15-16-14(28-18(15)21)3-2-5-23-16/h2-7,10-11,17,26H,8-9,20-21H2,1H3,(H,24,27)/t10-,11+,17+/m0/s1. The number of aliphatic hydroxyl groups excluding tert-OH is 1. The molecule has 9 nitrogen and oxygen atoms in total. The molecule has 0 saturated carbocycles. The lowest BCUT2D eigenvalue weighted by Crippen LogP contribution is -2.55. The molecule has 1 aliphatic heterocycles. The molecule has 146 valence electrons. The van der Waals surface area contributed by atoms with E-state index in [1.165, 1.54) is 0 Å². The highest BCUT2D eigenvalue weighted by Gasteiger charge is 2.32. The number of furan rings is 1. The highest BCUT2D eigenvalue weighted by molar-refractivity contribution is 6.15. The molecule has 1 saturated heterocycles. The van der Waals surface area contributed by atoms with Gasteiger partial charge in [0.25, 0.3) is 5.91 Å². The van der Waals surface area contributed by atoms with Crippen LogP contribution in [0.5, 0.6) is 0 Å². The van der Waals surface area contributed by atoms with Crippen LogP contribution in [-0.4, -0.2) is 46.2 Å². The van der Waals surface area contributed by atoms with Crippen molar-refractivity contribution in [1.82, 2.24) is 9.97 Å². The number of pyridine rings is 2. The molecule has 4 heterocycles. The number of aromatic nitrogens is 2. The van der Waals surface area contributed by atoms with Gasteiger partial charge < -0.3 is 31.2 Å². The quantitative estimate of drug-likeness (QED) is 0.529. The number of carbonyl (C=O) groups excluding carboxylic acids is 1. The Kier molecular flexibility index (Phi) is 4.62. The lowest BCUT2D eigenvalue weighted by molar-refractivity contribution is 0.0785. The predicted molar refractivity (Wildman–Crippen MR) is 106 cm³/mol. The molecule has 3 atom stereocenters. The molecule has 0 aliphatic carbocycles. The van der Waals surface area contributed by atoms with Gasteiger partial charge in [-0.2, -0.15) is 0 Å². The highest BCUT2D eigenvalue weighted by atomic mass is 16.3. The summed E-state index contributed by atoms with van der Waals surface area (Å²) in [5.74, 6) is -0.426.